The van der Waals surface area contributed by atoms with Gasteiger partial charge in [0.2, 0.25) is 5.44 Å². The molecule has 0 bridgehead atoms. The van der Waals surface area contributed by atoms with Gasteiger partial charge in [0.1, 0.15) is 0 Å². The van der Waals surface area contributed by atoms with Gasteiger partial charge in [-0.25, -0.2) is 0 Å². The highest BCUT2D eigenvalue weighted by atomic mass is 32.2. The molecule has 15 heavy (non-hydrogen) atoms. The standard InChI is InChI=1S/C9H11NO4S/c11-9(15(12,13)14)7-2-1-5-10-8(7)6-3-4-6/h1-2,5-6,9,11H,3-4H2,(H,12,13,14). The number of rotatable bonds is 3. The van der Waals surface area contributed by atoms with Crippen LogP contribution in [0.3, 0.4) is 0 Å². The monoisotopic (exact) mass is 229 g/mol. The van der Waals surface area contributed by atoms with Crippen LogP contribution in [0.1, 0.15) is 35.5 Å². The molecule has 0 saturated heterocycles. The topological polar surface area (TPSA) is 87.5 Å². The number of aliphatic hydroxyl groups is 1. The van der Waals surface area contributed by atoms with Gasteiger partial charge in [-0.3, -0.25) is 9.54 Å². The van der Waals surface area contributed by atoms with E-state index in [1.165, 1.54) is 12.1 Å². The van der Waals surface area contributed by atoms with Crippen LogP contribution in [-0.4, -0.2) is 23.1 Å². The lowest BCUT2D eigenvalue weighted by Crippen LogP contribution is -2.13. The molecular weight excluding hydrogens is 218 g/mol. The highest BCUT2D eigenvalue weighted by molar-refractivity contribution is 7.85. The first-order chi connectivity index (χ1) is 7.00. The van der Waals surface area contributed by atoms with Crippen LogP contribution in [0.2, 0.25) is 0 Å². The third-order valence-electron chi connectivity index (χ3n) is 2.38. The molecule has 2 N–H and O–H groups in total. The maximum Gasteiger partial charge on any atom is 0.296 e. The molecule has 1 aromatic heterocycles. The van der Waals surface area contributed by atoms with Gasteiger partial charge in [-0.15, -0.1) is 0 Å². The first-order valence-corrected chi connectivity index (χ1v) is 6.09. The van der Waals surface area contributed by atoms with Crippen LogP contribution >= 0.6 is 0 Å². The van der Waals surface area contributed by atoms with Crippen molar-refractivity contribution in [2.45, 2.75) is 24.2 Å². The van der Waals surface area contributed by atoms with E-state index in [0.29, 0.717) is 5.69 Å². The largest absolute Gasteiger partial charge is 0.371 e. The van der Waals surface area contributed by atoms with Crippen LogP contribution in [0, 0.1) is 0 Å². The van der Waals surface area contributed by atoms with E-state index in [-0.39, 0.29) is 11.5 Å². The molecule has 0 aliphatic heterocycles. The fraction of sp³-hybridized carbons (Fsp3) is 0.444. The molecule has 0 radical (unpaired) electrons. The van der Waals surface area contributed by atoms with E-state index in [9.17, 15) is 13.5 Å². The fourth-order valence-corrected chi connectivity index (χ4v) is 2.02. The van der Waals surface area contributed by atoms with Crippen molar-refractivity contribution in [1.29, 1.82) is 0 Å². The van der Waals surface area contributed by atoms with Crippen molar-refractivity contribution in [2.75, 3.05) is 0 Å². The second kappa shape index (κ2) is 3.55. The molecule has 2 rings (SSSR count). The minimum Gasteiger partial charge on any atom is -0.371 e. The Morgan fingerprint density at radius 3 is 2.67 bits per heavy atom. The summed E-state index contributed by atoms with van der Waals surface area (Å²) in [6, 6.07) is 3.01. The van der Waals surface area contributed by atoms with Gasteiger partial charge < -0.3 is 5.11 Å². The Balaban J connectivity index is 2.43. The molecule has 1 aliphatic rings. The van der Waals surface area contributed by atoms with E-state index >= 15 is 0 Å². The molecule has 0 aromatic carbocycles. The van der Waals surface area contributed by atoms with E-state index in [1.54, 1.807) is 6.20 Å². The van der Waals surface area contributed by atoms with Crippen LogP contribution in [-0.2, 0) is 10.1 Å². The number of hydrogen-bond acceptors (Lipinski definition) is 4. The lowest BCUT2D eigenvalue weighted by atomic mass is 10.1. The molecular formula is C9H11NO4S. The van der Waals surface area contributed by atoms with Crippen molar-refractivity contribution < 1.29 is 18.1 Å². The molecule has 1 aromatic rings. The van der Waals surface area contributed by atoms with E-state index in [2.05, 4.69) is 4.98 Å². The number of aliphatic hydroxyl groups excluding tert-OH is 1. The van der Waals surface area contributed by atoms with E-state index in [0.717, 1.165) is 12.8 Å². The molecule has 1 heterocycles. The Labute approximate surface area is 87.5 Å². The number of hydrogen-bond donors (Lipinski definition) is 2. The van der Waals surface area contributed by atoms with Crippen LogP contribution in [0.4, 0.5) is 0 Å². The summed E-state index contributed by atoms with van der Waals surface area (Å²) >= 11 is 0. The molecule has 0 spiro atoms. The Kier molecular flexibility index (Phi) is 2.49. The molecule has 1 atom stereocenters. The van der Waals surface area contributed by atoms with Gasteiger partial charge in [0.05, 0.1) is 5.69 Å². The smallest absolute Gasteiger partial charge is 0.296 e. The summed E-state index contributed by atoms with van der Waals surface area (Å²) in [5, 5.41) is 9.44. The van der Waals surface area contributed by atoms with E-state index in [1.807, 2.05) is 0 Å². The fourth-order valence-electron chi connectivity index (χ4n) is 1.50. The number of nitrogens with zero attached hydrogens (tertiary/aromatic N) is 1. The second-order valence-corrected chi connectivity index (χ2v) is 5.10. The lowest BCUT2D eigenvalue weighted by molar-refractivity contribution is 0.237. The maximum atomic E-state index is 10.8. The highest BCUT2D eigenvalue weighted by Gasteiger charge is 2.32. The predicted molar refractivity (Wildman–Crippen MR) is 52.7 cm³/mol. The second-order valence-electron chi connectivity index (χ2n) is 3.62. The van der Waals surface area contributed by atoms with E-state index in [4.69, 9.17) is 4.55 Å². The van der Waals surface area contributed by atoms with Crippen molar-refractivity contribution in [3.05, 3.63) is 29.6 Å². The van der Waals surface area contributed by atoms with Gasteiger partial charge in [-0.2, -0.15) is 8.42 Å². The Hall–Kier alpha value is -0.980. The minimum absolute atomic E-state index is 0.183. The van der Waals surface area contributed by atoms with Crippen molar-refractivity contribution in [3.63, 3.8) is 0 Å². The molecule has 82 valence electrons. The zero-order valence-corrected chi connectivity index (χ0v) is 8.68. The van der Waals surface area contributed by atoms with Gasteiger partial charge in [-0.05, 0) is 18.9 Å². The normalized spacial score (nSPS) is 18.8. The minimum atomic E-state index is -4.47. The zero-order valence-electron chi connectivity index (χ0n) is 7.87. The summed E-state index contributed by atoms with van der Waals surface area (Å²) in [5.74, 6) is 0.220. The van der Waals surface area contributed by atoms with Gasteiger partial charge in [0.25, 0.3) is 10.1 Å². The average Bonchev–Trinajstić information content (AvgIpc) is 2.98. The van der Waals surface area contributed by atoms with Crippen LogP contribution in [0.5, 0.6) is 0 Å². The van der Waals surface area contributed by atoms with Crippen molar-refractivity contribution in [2.24, 2.45) is 0 Å². The summed E-state index contributed by atoms with van der Waals surface area (Å²) < 4.78 is 30.4. The van der Waals surface area contributed by atoms with Gasteiger partial charge >= 0.3 is 0 Å². The molecule has 5 nitrogen and oxygen atoms in total. The lowest BCUT2D eigenvalue weighted by Gasteiger charge is -2.11. The quantitative estimate of drug-likeness (QED) is 0.750. The number of pyridine rings is 1. The molecule has 1 unspecified atom stereocenters. The molecule has 0 amide bonds. The van der Waals surface area contributed by atoms with Gasteiger partial charge in [-0.1, -0.05) is 6.07 Å². The Morgan fingerprint density at radius 2 is 2.13 bits per heavy atom. The van der Waals surface area contributed by atoms with Crippen LogP contribution < -0.4 is 0 Å². The summed E-state index contributed by atoms with van der Waals surface area (Å²) in [7, 11) is -4.47. The summed E-state index contributed by atoms with van der Waals surface area (Å²) in [4.78, 5) is 4.04. The van der Waals surface area contributed by atoms with Crippen molar-refractivity contribution >= 4 is 10.1 Å². The molecule has 1 aliphatic carbocycles. The Morgan fingerprint density at radius 1 is 1.47 bits per heavy atom. The molecule has 6 heteroatoms. The molecule has 1 saturated carbocycles. The highest BCUT2D eigenvalue weighted by Crippen LogP contribution is 2.42. The van der Waals surface area contributed by atoms with Gasteiger partial charge in [0.15, 0.2) is 0 Å². The van der Waals surface area contributed by atoms with Crippen molar-refractivity contribution in [3.8, 4) is 0 Å². The average molecular weight is 229 g/mol. The molecule has 1 fully saturated rings. The van der Waals surface area contributed by atoms with Crippen LogP contribution in [0.25, 0.3) is 0 Å². The summed E-state index contributed by atoms with van der Waals surface area (Å²) in [5.41, 5.74) is -1.13. The van der Waals surface area contributed by atoms with Crippen LogP contribution in [0.15, 0.2) is 18.3 Å². The zero-order chi connectivity index (χ0) is 11.1. The third kappa shape index (κ3) is 2.17. The van der Waals surface area contributed by atoms with Gasteiger partial charge in [0, 0.05) is 17.7 Å². The SMILES string of the molecule is O=S(=O)(O)C(O)c1cccnc1C1CC1. The predicted octanol–water partition coefficient (Wildman–Crippen LogP) is 0.838. The Bertz CT molecular complexity index is 467. The van der Waals surface area contributed by atoms with E-state index < -0.39 is 15.6 Å². The summed E-state index contributed by atoms with van der Waals surface area (Å²) in [6.45, 7) is 0. The summed E-state index contributed by atoms with van der Waals surface area (Å²) in [6.07, 6.45) is 3.44. The third-order valence-corrected chi connectivity index (χ3v) is 3.20. The maximum absolute atomic E-state index is 10.8. The van der Waals surface area contributed by atoms with Crippen molar-refractivity contribution in [1.82, 2.24) is 4.98 Å². The first kappa shape index (κ1) is 10.5. The number of aromatic nitrogens is 1. The first-order valence-electron chi connectivity index (χ1n) is 4.59.